The van der Waals surface area contributed by atoms with Gasteiger partial charge in [-0.1, -0.05) is 19.1 Å². The Kier molecular flexibility index (Phi) is 2.42. The quantitative estimate of drug-likeness (QED) is 0.720. The van der Waals surface area contributed by atoms with E-state index in [-0.39, 0.29) is 5.69 Å². The van der Waals surface area contributed by atoms with E-state index in [4.69, 9.17) is 5.11 Å². The zero-order valence-corrected chi connectivity index (χ0v) is 7.06. The first-order valence-electron chi connectivity index (χ1n) is 3.73. The van der Waals surface area contributed by atoms with Crippen LogP contribution in [0.4, 0.5) is 0 Å². The van der Waals surface area contributed by atoms with Crippen LogP contribution in [0, 0.1) is 5.92 Å². The maximum atomic E-state index is 10.6. The van der Waals surface area contributed by atoms with Crippen LogP contribution in [0.25, 0.3) is 0 Å². The van der Waals surface area contributed by atoms with E-state index in [1.165, 1.54) is 10.9 Å². The molecule has 1 N–H and O–H groups in total. The molecule has 0 aliphatic heterocycles. The summed E-state index contributed by atoms with van der Waals surface area (Å²) in [6, 6.07) is 0. The van der Waals surface area contributed by atoms with E-state index >= 15 is 0 Å². The summed E-state index contributed by atoms with van der Waals surface area (Å²) < 4.78 is 1.40. The van der Waals surface area contributed by atoms with Gasteiger partial charge < -0.3 is 5.11 Å². The first-order valence-corrected chi connectivity index (χ1v) is 3.73. The molecule has 1 aromatic rings. The highest BCUT2D eigenvalue weighted by Crippen LogP contribution is 2.01. The number of carboxylic acid groups (broad SMARTS) is 1. The minimum atomic E-state index is -0.986. The van der Waals surface area contributed by atoms with Gasteiger partial charge in [0.1, 0.15) is 0 Å². The van der Waals surface area contributed by atoms with Gasteiger partial charge in [-0.15, -0.1) is 5.10 Å². The topological polar surface area (TPSA) is 68.0 Å². The number of rotatable bonds is 3. The van der Waals surface area contributed by atoms with Crippen LogP contribution in [0.15, 0.2) is 6.20 Å². The van der Waals surface area contributed by atoms with Crippen molar-refractivity contribution in [1.29, 1.82) is 0 Å². The van der Waals surface area contributed by atoms with Crippen molar-refractivity contribution in [3.05, 3.63) is 11.9 Å². The molecule has 0 saturated carbocycles. The van der Waals surface area contributed by atoms with E-state index in [1.54, 1.807) is 0 Å². The fraction of sp³-hybridized carbons (Fsp3) is 0.571. The predicted octanol–water partition coefficient (Wildman–Crippen LogP) is 0.632. The highest BCUT2D eigenvalue weighted by molar-refractivity contribution is 5.85. The number of hydrogen-bond acceptors (Lipinski definition) is 3. The zero-order valence-electron chi connectivity index (χ0n) is 7.06. The van der Waals surface area contributed by atoms with Gasteiger partial charge in [-0.25, -0.2) is 9.48 Å². The Morgan fingerprint density at radius 2 is 2.42 bits per heavy atom. The van der Waals surface area contributed by atoms with Crippen molar-refractivity contribution in [2.45, 2.75) is 20.4 Å². The lowest BCUT2D eigenvalue weighted by molar-refractivity contribution is 0.0682. The van der Waals surface area contributed by atoms with E-state index in [0.29, 0.717) is 12.5 Å². The molecule has 0 atom stereocenters. The average Bonchev–Trinajstić information content (AvgIpc) is 2.33. The third-order valence-corrected chi connectivity index (χ3v) is 1.37. The summed E-state index contributed by atoms with van der Waals surface area (Å²) in [5, 5.41) is 15.9. The molecule has 0 spiro atoms. The van der Waals surface area contributed by atoms with Crippen molar-refractivity contribution in [2.75, 3.05) is 0 Å². The van der Waals surface area contributed by atoms with Gasteiger partial charge in [-0.2, -0.15) is 0 Å². The Bertz CT molecular complexity index is 280. The number of aromatic nitrogens is 3. The number of hydrogen-bond donors (Lipinski definition) is 1. The molecule has 0 unspecified atom stereocenters. The molecular formula is C7H11N3O2. The van der Waals surface area contributed by atoms with Crippen LogP contribution in [0.1, 0.15) is 24.3 Å². The summed E-state index contributed by atoms with van der Waals surface area (Å²) in [5.41, 5.74) is 0.142. The van der Waals surface area contributed by atoms with Gasteiger partial charge in [0.25, 0.3) is 0 Å². The molecule has 0 fully saturated rings. The summed E-state index contributed by atoms with van der Waals surface area (Å²) in [6.45, 7) is 4.57. The molecule has 12 heavy (non-hydrogen) atoms. The molecular weight excluding hydrogens is 158 g/mol. The van der Waals surface area contributed by atoms with Gasteiger partial charge in [0.05, 0.1) is 6.20 Å². The van der Waals surface area contributed by atoms with Gasteiger partial charge >= 0.3 is 5.97 Å². The van der Waals surface area contributed by atoms with Crippen LogP contribution in [0.3, 0.4) is 0 Å². The highest BCUT2D eigenvalue weighted by atomic mass is 16.4. The normalized spacial score (nSPS) is 10.6. The maximum Gasteiger partial charge on any atom is 0.355 e. The largest absolute Gasteiger partial charge is 0.476 e. The van der Waals surface area contributed by atoms with Crippen LogP contribution in [-0.2, 0) is 6.54 Å². The fourth-order valence-corrected chi connectivity index (χ4v) is 0.904. The van der Waals surface area contributed by atoms with Gasteiger partial charge in [-0.05, 0) is 5.92 Å². The molecule has 0 saturated heterocycles. The molecule has 0 bridgehead atoms. The number of aromatic carboxylic acids is 1. The van der Waals surface area contributed by atoms with Gasteiger partial charge in [0, 0.05) is 6.54 Å². The molecule has 0 amide bonds. The molecule has 1 rings (SSSR count). The summed E-state index contributed by atoms with van der Waals surface area (Å²) in [5.74, 6) is -0.620. The second-order valence-electron chi connectivity index (χ2n) is 3.00. The van der Waals surface area contributed by atoms with E-state index in [1.807, 2.05) is 13.8 Å². The van der Waals surface area contributed by atoms with Crippen molar-refractivity contribution in [1.82, 2.24) is 15.0 Å². The maximum absolute atomic E-state index is 10.6. The Labute approximate surface area is 70.0 Å². The SMILES string of the molecule is CC(C)Cn1nncc1C(=O)O. The molecule has 66 valence electrons. The standard InChI is InChI=1S/C7H11N3O2/c1-5(2)4-10-6(7(11)12)3-8-9-10/h3,5H,4H2,1-2H3,(H,11,12). The van der Waals surface area contributed by atoms with Crippen molar-refractivity contribution in [3.63, 3.8) is 0 Å². The van der Waals surface area contributed by atoms with Crippen molar-refractivity contribution in [2.24, 2.45) is 5.92 Å². The minimum Gasteiger partial charge on any atom is -0.476 e. The zero-order chi connectivity index (χ0) is 9.14. The lowest BCUT2D eigenvalue weighted by Gasteiger charge is -2.04. The molecule has 0 aliphatic carbocycles. The van der Waals surface area contributed by atoms with E-state index in [0.717, 1.165) is 0 Å². The second-order valence-corrected chi connectivity index (χ2v) is 3.00. The Hall–Kier alpha value is -1.39. The minimum absolute atomic E-state index is 0.142. The smallest absolute Gasteiger partial charge is 0.355 e. The summed E-state index contributed by atoms with van der Waals surface area (Å²) in [4.78, 5) is 10.6. The lowest BCUT2D eigenvalue weighted by atomic mass is 10.2. The second kappa shape index (κ2) is 3.34. The van der Waals surface area contributed by atoms with Crippen LogP contribution >= 0.6 is 0 Å². The Morgan fingerprint density at radius 1 is 1.75 bits per heavy atom. The lowest BCUT2D eigenvalue weighted by Crippen LogP contribution is -2.13. The van der Waals surface area contributed by atoms with Gasteiger partial charge in [0.15, 0.2) is 5.69 Å². The van der Waals surface area contributed by atoms with Crippen LogP contribution in [0.2, 0.25) is 0 Å². The molecule has 0 radical (unpaired) electrons. The first kappa shape index (κ1) is 8.70. The summed E-state index contributed by atoms with van der Waals surface area (Å²) >= 11 is 0. The van der Waals surface area contributed by atoms with Crippen molar-refractivity contribution in [3.8, 4) is 0 Å². The first-order chi connectivity index (χ1) is 5.61. The average molecular weight is 169 g/mol. The van der Waals surface area contributed by atoms with E-state index in [2.05, 4.69) is 10.3 Å². The molecule has 1 aromatic heterocycles. The van der Waals surface area contributed by atoms with Crippen LogP contribution in [0.5, 0.6) is 0 Å². The number of carbonyl (C=O) groups is 1. The molecule has 5 heteroatoms. The van der Waals surface area contributed by atoms with Crippen molar-refractivity contribution < 1.29 is 9.90 Å². The summed E-state index contributed by atoms with van der Waals surface area (Å²) in [7, 11) is 0. The Morgan fingerprint density at radius 3 is 2.92 bits per heavy atom. The van der Waals surface area contributed by atoms with Crippen molar-refractivity contribution >= 4 is 5.97 Å². The van der Waals surface area contributed by atoms with E-state index < -0.39 is 5.97 Å². The number of nitrogens with zero attached hydrogens (tertiary/aromatic N) is 3. The molecule has 1 heterocycles. The third-order valence-electron chi connectivity index (χ3n) is 1.37. The van der Waals surface area contributed by atoms with Gasteiger partial charge in [0.2, 0.25) is 0 Å². The Balaban J connectivity index is 2.84. The third kappa shape index (κ3) is 1.81. The summed E-state index contributed by atoms with van der Waals surface area (Å²) in [6.07, 6.45) is 1.25. The predicted molar refractivity (Wildman–Crippen MR) is 41.8 cm³/mol. The van der Waals surface area contributed by atoms with Crippen LogP contribution in [-0.4, -0.2) is 26.1 Å². The van der Waals surface area contributed by atoms with Crippen LogP contribution < -0.4 is 0 Å². The molecule has 0 aliphatic rings. The molecule has 5 nitrogen and oxygen atoms in total. The monoisotopic (exact) mass is 169 g/mol. The highest BCUT2D eigenvalue weighted by Gasteiger charge is 2.11. The molecule has 0 aromatic carbocycles. The fourth-order valence-electron chi connectivity index (χ4n) is 0.904. The van der Waals surface area contributed by atoms with Gasteiger partial charge in [-0.3, -0.25) is 0 Å². The van der Waals surface area contributed by atoms with E-state index in [9.17, 15) is 4.79 Å². The number of carboxylic acids is 1.